The molecule has 2 N–H and O–H groups in total. The second-order valence-corrected chi connectivity index (χ2v) is 11.1. The highest BCUT2D eigenvalue weighted by Crippen LogP contribution is 2.38. The minimum atomic E-state index is -4.34. The normalized spacial score (nSPS) is 13.8. The van der Waals surface area contributed by atoms with Gasteiger partial charge in [0.05, 0.1) is 29.0 Å². The lowest BCUT2D eigenvalue weighted by Crippen LogP contribution is -2.32. The molecule has 0 saturated heterocycles. The van der Waals surface area contributed by atoms with Crippen LogP contribution in [0.3, 0.4) is 0 Å². The lowest BCUT2D eigenvalue weighted by atomic mass is 10.1. The maximum absolute atomic E-state index is 14.2. The number of sulfonamides is 1. The lowest BCUT2D eigenvalue weighted by Gasteiger charge is -2.26. The number of methoxy groups -OCH3 is 1. The van der Waals surface area contributed by atoms with Crippen LogP contribution in [0, 0.1) is 12.7 Å². The fourth-order valence-corrected chi connectivity index (χ4v) is 6.59. The number of ether oxygens (including phenoxy) is 1. The molecule has 3 heterocycles. The molecule has 0 bridgehead atoms. The zero-order valence-electron chi connectivity index (χ0n) is 20.3. The molecule has 1 aliphatic rings. The minimum Gasteiger partial charge on any atom is -0.495 e. The molecule has 0 atom stereocenters. The highest BCUT2D eigenvalue weighted by molar-refractivity contribution is 7.93. The van der Waals surface area contributed by atoms with Crippen molar-refractivity contribution in [3.05, 3.63) is 74.5 Å². The third-order valence-corrected chi connectivity index (χ3v) is 8.62. The van der Waals surface area contributed by atoms with Crippen LogP contribution in [0.1, 0.15) is 34.5 Å². The molecular formula is C25H22ClFN4O6S. The average molecular weight is 561 g/mol. The number of nitrogens with one attached hydrogen (secondary N) is 1. The van der Waals surface area contributed by atoms with Crippen LogP contribution in [0.4, 0.5) is 10.1 Å². The summed E-state index contributed by atoms with van der Waals surface area (Å²) in [7, 11) is -3.06. The number of carboxylic acids is 1. The number of aromatic carboxylic acids is 1. The molecular weight excluding hydrogens is 539 g/mol. The zero-order valence-corrected chi connectivity index (χ0v) is 21.9. The average Bonchev–Trinajstić information content (AvgIpc) is 3.05. The van der Waals surface area contributed by atoms with E-state index in [1.165, 1.54) is 37.4 Å². The molecule has 0 aliphatic carbocycles. The fourth-order valence-electron chi connectivity index (χ4n) is 4.66. The highest BCUT2D eigenvalue weighted by Gasteiger charge is 2.32. The first-order valence-corrected chi connectivity index (χ1v) is 13.4. The van der Waals surface area contributed by atoms with E-state index >= 15 is 0 Å². The van der Waals surface area contributed by atoms with E-state index in [1.807, 2.05) is 0 Å². The Morgan fingerprint density at radius 2 is 1.95 bits per heavy atom. The number of carbonyl (C=O) groups is 1. The summed E-state index contributed by atoms with van der Waals surface area (Å²) >= 11 is 6.49. The smallest absolute Gasteiger partial charge is 0.354 e. The van der Waals surface area contributed by atoms with Gasteiger partial charge < -0.3 is 14.8 Å². The van der Waals surface area contributed by atoms with E-state index in [4.69, 9.17) is 16.3 Å². The first-order valence-electron chi connectivity index (χ1n) is 11.6. The van der Waals surface area contributed by atoms with Crippen LogP contribution in [0.25, 0.3) is 16.9 Å². The van der Waals surface area contributed by atoms with Crippen molar-refractivity contribution in [3.8, 4) is 11.4 Å². The Balaban J connectivity index is 1.76. The number of hydrogen-bond donors (Lipinski definition) is 2. The van der Waals surface area contributed by atoms with Gasteiger partial charge >= 0.3 is 11.7 Å². The fraction of sp³-hybridized carbons (Fsp3) is 0.240. The molecule has 10 nitrogen and oxygen atoms in total. The topological polar surface area (TPSA) is 135 Å². The van der Waals surface area contributed by atoms with Gasteiger partial charge in [0.25, 0.3) is 10.0 Å². The molecule has 0 spiro atoms. The van der Waals surface area contributed by atoms with Gasteiger partial charge in [-0.1, -0.05) is 17.7 Å². The number of carboxylic acid groups (broad SMARTS) is 1. The van der Waals surface area contributed by atoms with E-state index < -0.39 is 27.5 Å². The van der Waals surface area contributed by atoms with Crippen molar-refractivity contribution in [2.75, 3.05) is 18.0 Å². The van der Waals surface area contributed by atoms with Gasteiger partial charge in [0.15, 0.2) is 11.3 Å². The maximum atomic E-state index is 14.2. The third-order valence-electron chi connectivity index (χ3n) is 6.48. The summed E-state index contributed by atoms with van der Waals surface area (Å²) in [4.78, 5) is 31.0. The van der Waals surface area contributed by atoms with Crippen LogP contribution >= 0.6 is 11.6 Å². The number of nitrogens with zero attached hydrogens (tertiary/aromatic N) is 3. The molecule has 13 heteroatoms. The Bertz CT molecular complexity index is 1780. The Morgan fingerprint density at radius 1 is 1.18 bits per heavy atom. The number of imidazole rings is 1. The van der Waals surface area contributed by atoms with Gasteiger partial charge in [-0.25, -0.2) is 31.9 Å². The second kappa shape index (κ2) is 9.44. The number of aryl methyl sites for hydroxylation is 2. The molecule has 2 aromatic carbocycles. The molecule has 38 heavy (non-hydrogen) atoms. The number of rotatable bonds is 5. The van der Waals surface area contributed by atoms with E-state index in [0.29, 0.717) is 24.0 Å². The van der Waals surface area contributed by atoms with E-state index in [9.17, 15) is 27.5 Å². The number of H-pyrrole nitrogens is 1. The van der Waals surface area contributed by atoms with Crippen LogP contribution in [0.5, 0.6) is 5.75 Å². The highest BCUT2D eigenvalue weighted by atomic mass is 35.5. The largest absolute Gasteiger partial charge is 0.495 e. The van der Waals surface area contributed by atoms with E-state index in [-0.39, 0.29) is 50.4 Å². The Morgan fingerprint density at radius 3 is 2.66 bits per heavy atom. The van der Waals surface area contributed by atoms with Crippen molar-refractivity contribution in [2.24, 2.45) is 0 Å². The van der Waals surface area contributed by atoms with Crippen LogP contribution in [-0.2, 0) is 16.4 Å². The molecule has 0 amide bonds. The van der Waals surface area contributed by atoms with Crippen molar-refractivity contribution in [1.29, 1.82) is 0 Å². The Hall–Kier alpha value is -3.90. The van der Waals surface area contributed by atoms with Crippen molar-refractivity contribution in [1.82, 2.24) is 14.5 Å². The molecule has 0 radical (unpaired) electrons. The molecule has 5 rings (SSSR count). The second-order valence-electron chi connectivity index (χ2n) is 8.86. The van der Waals surface area contributed by atoms with Crippen LogP contribution in [-0.4, -0.2) is 47.7 Å². The van der Waals surface area contributed by atoms with E-state index in [1.54, 1.807) is 13.0 Å². The lowest BCUT2D eigenvalue weighted by molar-refractivity contribution is 0.0690. The first-order chi connectivity index (χ1) is 18.0. The Labute approximate surface area is 221 Å². The van der Waals surface area contributed by atoms with Crippen molar-refractivity contribution in [2.45, 2.75) is 31.1 Å². The predicted molar refractivity (Wildman–Crippen MR) is 139 cm³/mol. The van der Waals surface area contributed by atoms with Crippen molar-refractivity contribution in [3.63, 3.8) is 0 Å². The van der Waals surface area contributed by atoms with Gasteiger partial charge in [-0.2, -0.15) is 0 Å². The molecule has 2 aromatic heterocycles. The van der Waals surface area contributed by atoms with Gasteiger partial charge in [-0.3, -0.25) is 4.31 Å². The summed E-state index contributed by atoms with van der Waals surface area (Å²) in [6, 6.07) is 7.80. The quantitative estimate of drug-likeness (QED) is 0.376. The van der Waals surface area contributed by atoms with Gasteiger partial charge in [0.1, 0.15) is 16.5 Å². The summed E-state index contributed by atoms with van der Waals surface area (Å²) in [5.41, 5.74) is 0.551. The van der Waals surface area contributed by atoms with Crippen molar-refractivity contribution < 1.29 is 27.4 Å². The number of hydrogen-bond acceptors (Lipinski definition) is 6. The summed E-state index contributed by atoms with van der Waals surface area (Å²) in [6.45, 7) is 1.72. The number of aromatic amines is 1. The SMILES string of the molecule is COc1cc(Cl)c(-n2c(=O)[nH]c3c(C)cc(C(=O)O)nc32)cc1S(=O)(=O)N1CCCCc2ccc(F)cc21. The van der Waals surface area contributed by atoms with Gasteiger partial charge in [0.2, 0.25) is 0 Å². The molecule has 4 aromatic rings. The predicted octanol–water partition coefficient (Wildman–Crippen LogP) is 4.05. The minimum absolute atomic E-state index is 0.0358. The summed E-state index contributed by atoms with van der Waals surface area (Å²) < 4.78 is 49.8. The standard InChI is InChI=1S/C25H22ClFN4O6S/c1-13-9-17(24(32)33)28-23-22(13)29-25(34)31(23)19-12-21(20(37-2)11-16(19)26)38(35,36)30-8-4-3-5-14-6-7-15(27)10-18(14)30/h6-7,9-12H,3-5,8H2,1-2H3,(H,29,34)(H,32,33). The third kappa shape index (κ3) is 4.19. The molecule has 1 aliphatic heterocycles. The van der Waals surface area contributed by atoms with E-state index in [2.05, 4.69) is 9.97 Å². The van der Waals surface area contributed by atoms with Crippen LogP contribution < -0.4 is 14.7 Å². The molecule has 198 valence electrons. The van der Waals surface area contributed by atoms with Gasteiger partial charge in [-0.15, -0.1) is 0 Å². The number of halogens is 2. The Kier molecular flexibility index (Phi) is 6.40. The maximum Gasteiger partial charge on any atom is 0.354 e. The summed E-state index contributed by atoms with van der Waals surface area (Å²) in [6.07, 6.45) is 1.85. The van der Waals surface area contributed by atoms with Crippen LogP contribution in [0.2, 0.25) is 5.02 Å². The summed E-state index contributed by atoms with van der Waals surface area (Å²) in [5, 5.41) is 9.43. The number of benzene rings is 2. The van der Waals surface area contributed by atoms with E-state index in [0.717, 1.165) is 15.3 Å². The molecule has 0 fully saturated rings. The molecule has 0 saturated carbocycles. The van der Waals surface area contributed by atoms with Gasteiger partial charge in [0, 0.05) is 12.6 Å². The van der Waals surface area contributed by atoms with Crippen LogP contribution in [0.15, 0.2) is 46.1 Å². The first kappa shape index (κ1) is 25.7. The number of aromatic nitrogens is 3. The molecule has 0 unspecified atom stereocenters. The monoisotopic (exact) mass is 560 g/mol. The number of anilines is 1. The van der Waals surface area contributed by atoms with Crippen molar-refractivity contribution >= 4 is 44.4 Å². The number of pyridine rings is 1. The summed E-state index contributed by atoms with van der Waals surface area (Å²) in [5.74, 6) is -1.95. The number of fused-ring (bicyclic) bond motifs is 2. The van der Waals surface area contributed by atoms with Gasteiger partial charge in [-0.05, 0) is 61.6 Å². The zero-order chi connectivity index (χ0) is 27.4.